The van der Waals surface area contributed by atoms with Gasteiger partial charge >= 0.3 is 5.97 Å². The Morgan fingerprint density at radius 3 is 2.78 bits per heavy atom. The summed E-state index contributed by atoms with van der Waals surface area (Å²) in [6.45, 7) is 6.98. The van der Waals surface area contributed by atoms with E-state index < -0.39 is 5.41 Å². The van der Waals surface area contributed by atoms with Crippen LogP contribution in [0.3, 0.4) is 0 Å². The number of allylic oxidation sites excluding steroid dienone is 1. The summed E-state index contributed by atoms with van der Waals surface area (Å²) < 4.78 is 5.26. The normalized spacial score (nSPS) is 35.0. The first kappa shape index (κ1) is 17.1. The molecule has 4 atom stereocenters. The Labute approximate surface area is 161 Å². The van der Waals surface area contributed by atoms with Gasteiger partial charge in [0.25, 0.3) is 0 Å². The van der Waals surface area contributed by atoms with E-state index in [1.54, 1.807) is 5.57 Å². The Morgan fingerprint density at radius 1 is 1.22 bits per heavy atom. The zero-order chi connectivity index (χ0) is 19.0. The fraction of sp³-hybridized carbons (Fsp3) is 0.542. The third-order valence-corrected chi connectivity index (χ3v) is 8.18. The van der Waals surface area contributed by atoms with Crippen molar-refractivity contribution in [1.29, 1.82) is 0 Å². The Hall–Kier alpha value is -2.03. The summed E-state index contributed by atoms with van der Waals surface area (Å²) in [4.78, 5) is 16.5. The van der Waals surface area contributed by atoms with Gasteiger partial charge in [0.1, 0.15) is 0 Å². The molecule has 3 nitrogen and oxygen atoms in total. The highest BCUT2D eigenvalue weighted by Gasteiger charge is 2.55. The first-order valence-electron chi connectivity index (χ1n) is 10.3. The second kappa shape index (κ2) is 5.50. The fourth-order valence-corrected chi connectivity index (χ4v) is 6.42. The Balaban J connectivity index is 1.79. The lowest BCUT2D eigenvalue weighted by molar-refractivity contribution is -0.150. The molecule has 0 aliphatic heterocycles. The molecule has 0 saturated heterocycles. The second-order valence-electron chi connectivity index (χ2n) is 9.40. The molecule has 3 aliphatic rings. The summed E-state index contributed by atoms with van der Waals surface area (Å²) in [6.07, 6.45) is 5.16. The maximum absolute atomic E-state index is 12.8. The van der Waals surface area contributed by atoms with Crippen molar-refractivity contribution in [1.82, 2.24) is 4.98 Å². The summed E-state index contributed by atoms with van der Waals surface area (Å²) in [5, 5.41) is 1.38. The lowest BCUT2D eigenvalue weighted by atomic mass is 9.49. The molecule has 27 heavy (non-hydrogen) atoms. The van der Waals surface area contributed by atoms with Crippen LogP contribution in [-0.4, -0.2) is 18.1 Å². The largest absolute Gasteiger partial charge is 0.468 e. The third kappa shape index (κ3) is 2.06. The first-order valence-corrected chi connectivity index (χ1v) is 10.3. The van der Waals surface area contributed by atoms with E-state index in [0.29, 0.717) is 11.8 Å². The number of carbonyl (C=O) groups excluding carboxylic acids is 1. The van der Waals surface area contributed by atoms with Crippen molar-refractivity contribution < 1.29 is 9.53 Å². The highest BCUT2D eigenvalue weighted by atomic mass is 16.5. The van der Waals surface area contributed by atoms with Crippen LogP contribution in [0.1, 0.15) is 63.6 Å². The molecule has 0 spiro atoms. The zero-order valence-electron chi connectivity index (χ0n) is 16.8. The monoisotopic (exact) mass is 363 g/mol. The summed E-state index contributed by atoms with van der Waals surface area (Å²) >= 11 is 0. The van der Waals surface area contributed by atoms with Gasteiger partial charge in [0, 0.05) is 22.5 Å². The minimum atomic E-state index is -0.453. The van der Waals surface area contributed by atoms with Gasteiger partial charge in [0.15, 0.2) is 0 Å². The lowest BCUT2D eigenvalue weighted by Crippen LogP contribution is -2.47. The number of nitrogens with one attached hydrogen (secondary N) is 1. The fourth-order valence-electron chi connectivity index (χ4n) is 6.42. The molecule has 1 aromatic carbocycles. The van der Waals surface area contributed by atoms with Gasteiger partial charge in [-0.3, -0.25) is 4.79 Å². The Kier molecular flexibility index (Phi) is 3.48. The quantitative estimate of drug-likeness (QED) is 0.536. The van der Waals surface area contributed by atoms with E-state index in [9.17, 15) is 4.79 Å². The molecule has 0 saturated carbocycles. The predicted octanol–water partition coefficient (Wildman–Crippen LogP) is 5.51. The third-order valence-electron chi connectivity index (χ3n) is 8.18. The van der Waals surface area contributed by atoms with Crippen molar-refractivity contribution in [3.05, 3.63) is 46.7 Å². The van der Waals surface area contributed by atoms with E-state index in [4.69, 9.17) is 4.74 Å². The Morgan fingerprint density at radius 2 is 2.00 bits per heavy atom. The van der Waals surface area contributed by atoms with Crippen molar-refractivity contribution in [3.8, 4) is 0 Å². The average Bonchev–Trinajstić information content (AvgIpc) is 3.03. The molecule has 5 rings (SSSR count). The average molecular weight is 364 g/mol. The molecule has 142 valence electrons. The standard InChI is InChI=1S/C24H29NO2/c1-14-9-10-18-20-16(11-12-23(18,2)22(26)27-4)21-17(13-24(14,20)3)15-7-5-6-8-19(15)25-21/h5-8,14,16,25H,9-13H2,1-4H3/t14-,16-,23+,24+/m1/s1. The molecule has 0 radical (unpaired) electrons. The zero-order valence-corrected chi connectivity index (χ0v) is 16.8. The SMILES string of the molecule is COC(=O)[C@@]1(C)CC[C@@H]2C3=C1CC[C@@H](C)[C@]3(C)Cc1c2[nH]c2ccccc12. The molecule has 3 heteroatoms. The minimum Gasteiger partial charge on any atom is -0.468 e. The minimum absolute atomic E-state index is 0.0530. The molecule has 0 bridgehead atoms. The molecule has 0 fully saturated rings. The van der Waals surface area contributed by atoms with Crippen molar-refractivity contribution in [2.75, 3.05) is 7.11 Å². The van der Waals surface area contributed by atoms with Crippen LogP contribution in [0.2, 0.25) is 0 Å². The van der Waals surface area contributed by atoms with E-state index in [0.717, 1.165) is 32.1 Å². The Bertz CT molecular complexity index is 983. The van der Waals surface area contributed by atoms with E-state index in [-0.39, 0.29) is 11.4 Å². The molecule has 1 N–H and O–H groups in total. The number of aromatic amines is 1. The predicted molar refractivity (Wildman–Crippen MR) is 108 cm³/mol. The molecule has 2 aromatic rings. The van der Waals surface area contributed by atoms with E-state index in [2.05, 4.69) is 50.0 Å². The van der Waals surface area contributed by atoms with Crippen LogP contribution in [-0.2, 0) is 16.0 Å². The number of hydrogen-bond acceptors (Lipinski definition) is 2. The van der Waals surface area contributed by atoms with Crippen molar-refractivity contribution >= 4 is 16.9 Å². The van der Waals surface area contributed by atoms with E-state index in [1.165, 1.54) is 34.8 Å². The van der Waals surface area contributed by atoms with Gasteiger partial charge in [-0.15, -0.1) is 0 Å². The van der Waals surface area contributed by atoms with Crippen LogP contribution in [0.5, 0.6) is 0 Å². The number of H-pyrrole nitrogens is 1. The molecule has 0 amide bonds. The first-order chi connectivity index (χ1) is 12.9. The highest BCUT2D eigenvalue weighted by molar-refractivity contribution is 5.86. The number of carbonyl (C=O) groups is 1. The molecule has 3 aliphatic carbocycles. The van der Waals surface area contributed by atoms with Gasteiger partial charge in [0.2, 0.25) is 0 Å². The maximum Gasteiger partial charge on any atom is 0.315 e. The maximum atomic E-state index is 12.8. The number of benzene rings is 1. The van der Waals surface area contributed by atoms with Crippen LogP contribution in [0.4, 0.5) is 0 Å². The van der Waals surface area contributed by atoms with Gasteiger partial charge in [-0.1, -0.05) is 43.2 Å². The van der Waals surface area contributed by atoms with E-state index >= 15 is 0 Å². The number of fused-ring (bicyclic) bond motifs is 4. The summed E-state index contributed by atoms with van der Waals surface area (Å²) in [6, 6.07) is 8.72. The van der Waals surface area contributed by atoms with Crippen molar-refractivity contribution in [2.24, 2.45) is 16.7 Å². The van der Waals surface area contributed by atoms with Gasteiger partial charge in [0.05, 0.1) is 12.5 Å². The molecule has 0 unspecified atom stereocenters. The molecule has 1 heterocycles. The number of hydrogen-bond donors (Lipinski definition) is 1. The molecule has 1 aromatic heterocycles. The van der Waals surface area contributed by atoms with Gasteiger partial charge in [-0.05, 0) is 62.0 Å². The summed E-state index contributed by atoms with van der Waals surface area (Å²) in [7, 11) is 1.53. The summed E-state index contributed by atoms with van der Waals surface area (Å²) in [5.74, 6) is 0.991. The number of esters is 1. The number of methoxy groups -OCH3 is 1. The summed E-state index contributed by atoms with van der Waals surface area (Å²) in [5.41, 5.74) is 6.78. The van der Waals surface area contributed by atoms with Crippen LogP contribution in [0.25, 0.3) is 10.9 Å². The number of rotatable bonds is 1. The van der Waals surface area contributed by atoms with Crippen LogP contribution < -0.4 is 0 Å². The lowest BCUT2D eigenvalue weighted by Gasteiger charge is -2.54. The molecular formula is C24H29NO2. The van der Waals surface area contributed by atoms with Crippen LogP contribution in [0.15, 0.2) is 35.4 Å². The molecular weight excluding hydrogens is 334 g/mol. The van der Waals surface area contributed by atoms with Crippen molar-refractivity contribution in [3.63, 3.8) is 0 Å². The number of ether oxygens (including phenoxy) is 1. The van der Waals surface area contributed by atoms with Gasteiger partial charge in [-0.25, -0.2) is 0 Å². The van der Waals surface area contributed by atoms with Gasteiger partial charge in [-0.2, -0.15) is 0 Å². The second-order valence-corrected chi connectivity index (χ2v) is 9.40. The van der Waals surface area contributed by atoms with Crippen molar-refractivity contribution in [2.45, 2.75) is 58.8 Å². The highest BCUT2D eigenvalue weighted by Crippen LogP contribution is 2.63. The van der Waals surface area contributed by atoms with E-state index in [1.807, 2.05) is 0 Å². The smallest absolute Gasteiger partial charge is 0.315 e. The van der Waals surface area contributed by atoms with Crippen LogP contribution >= 0.6 is 0 Å². The number of aromatic nitrogens is 1. The number of para-hydroxylation sites is 1. The van der Waals surface area contributed by atoms with Crippen LogP contribution in [0, 0.1) is 16.7 Å². The van der Waals surface area contributed by atoms with Gasteiger partial charge < -0.3 is 9.72 Å². The topological polar surface area (TPSA) is 42.1 Å².